The summed E-state index contributed by atoms with van der Waals surface area (Å²) in [5, 5.41) is 1.06. The molecule has 1 nitrogen and oxygen atoms in total. The molecule has 0 aliphatic carbocycles. The third-order valence-corrected chi connectivity index (χ3v) is 3.52. The van der Waals surface area contributed by atoms with Gasteiger partial charge in [-0.1, -0.05) is 24.0 Å². The second-order valence-electron chi connectivity index (χ2n) is 5.22. The van der Waals surface area contributed by atoms with Crippen molar-refractivity contribution in [3.63, 3.8) is 0 Å². The molecule has 2 aromatic carbocycles. The lowest BCUT2D eigenvalue weighted by Gasteiger charge is -2.05. The van der Waals surface area contributed by atoms with Crippen LogP contribution in [0.5, 0.6) is 0 Å². The molecule has 0 radical (unpaired) electrons. The van der Waals surface area contributed by atoms with Crippen LogP contribution in [0.25, 0.3) is 10.9 Å². The Labute approximate surface area is 155 Å². The highest BCUT2D eigenvalue weighted by atomic mass is 127. The fourth-order valence-corrected chi connectivity index (χ4v) is 2.37. The molecule has 0 amide bonds. The van der Waals surface area contributed by atoms with Crippen molar-refractivity contribution in [1.29, 1.82) is 0 Å². The zero-order valence-corrected chi connectivity index (χ0v) is 14.9. The first-order valence-corrected chi connectivity index (χ1v) is 7.01. The van der Waals surface area contributed by atoms with Gasteiger partial charge in [-0.25, -0.2) is 0 Å². The molecule has 0 aliphatic heterocycles. The first-order valence-electron chi connectivity index (χ1n) is 7.01. The molecular formula is C19H13F3IN. The predicted octanol–water partition coefficient (Wildman–Crippen LogP) is 1.09. The highest BCUT2D eigenvalue weighted by Gasteiger charge is 2.29. The van der Waals surface area contributed by atoms with Crippen LogP contribution >= 0.6 is 0 Å². The molecule has 0 spiro atoms. The predicted molar refractivity (Wildman–Crippen MR) is 82.5 cm³/mol. The Balaban J connectivity index is 0.00000208. The Morgan fingerprint density at radius 2 is 1.50 bits per heavy atom. The molecule has 5 heteroatoms. The molecule has 0 saturated carbocycles. The standard InChI is InChI=1S/C19H13F3N.HI/c1-23-13-15(12-16-4-2-3-5-18(16)23)7-6-14-8-10-17(11-9-14)19(20,21)22;/h2-5,8-13H,1H3;1H/q+1;/p-1. The summed E-state index contributed by atoms with van der Waals surface area (Å²) in [5.74, 6) is 5.90. The first-order chi connectivity index (χ1) is 10.9. The molecule has 3 rings (SSSR count). The molecule has 1 heterocycles. The van der Waals surface area contributed by atoms with Crippen molar-refractivity contribution in [3.05, 3.63) is 77.5 Å². The monoisotopic (exact) mass is 439 g/mol. The van der Waals surface area contributed by atoms with Gasteiger partial charge in [0, 0.05) is 17.0 Å². The molecule has 0 atom stereocenters. The van der Waals surface area contributed by atoms with Gasteiger partial charge in [-0.3, -0.25) is 0 Å². The van der Waals surface area contributed by atoms with Gasteiger partial charge in [0.2, 0.25) is 5.52 Å². The molecule has 0 unspecified atom stereocenters. The lowest BCUT2D eigenvalue weighted by molar-refractivity contribution is -0.645. The molecule has 0 fully saturated rings. The third kappa shape index (κ3) is 4.06. The van der Waals surface area contributed by atoms with Gasteiger partial charge in [0.1, 0.15) is 7.05 Å². The average Bonchev–Trinajstić information content (AvgIpc) is 2.52. The van der Waals surface area contributed by atoms with E-state index in [9.17, 15) is 13.2 Å². The number of hydrogen-bond donors (Lipinski definition) is 0. The maximum atomic E-state index is 12.5. The molecule has 3 aromatic rings. The van der Waals surface area contributed by atoms with Gasteiger partial charge < -0.3 is 24.0 Å². The van der Waals surface area contributed by atoms with Crippen LogP contribution in [-0.2, 0) is 13.2 Å². The summed E-state index contributed by atoms with van der Waals surface area (Å²) < 4.78 is 39.6. The van der Waals surface area contributed by atoms with Crippen molar-refractivity contribution >= 4 is 10.9 Å². The van der Waals surface area contributed by atoms with Crippen molar-refractivity contribution in [1.82, 2.24) is 0 Å². The van der Waals surface area contributed by atoms with E-state index in [-0.39, 0.29) is 24.0 Å². The van der Waals surface area contributed by atoms with E-state index >= 15 is 0 Å². The zero-order chi connectivity index (χ0) is 16.4. The van der Waals surface area contributed by atoms with E-state index in [4.69, 9.17) is 0 Å². The van der Waals surface area contributed by atoms with E-state index in [0.717, 1.165) is 28.6 Å². The van der Waals surface area contributed by atoms with Crippen LogP contribution in [0.15, 0.2) is 60.8 Å². The fraction of sp³-hybridized carbons (Fsp3) is 0.105. The molecule has 1 aromatic heterocycles. The fourth-order valence-electron chi connectivity index (χ4n) is 2.37. The number of fused-ring (bicyclic) bond motifs is 1. The number of alkyl halides is 3. The summed E-state index contributed by atoms with van der Waals surface area (Å²) in [7, 11) is 1.94. The van der Waals surface area contributed by atoms with Crippen LogP contribution in [0.3, 0.4) is 0 Å². The minimum Gasteiger partial charge on any atom is -1.00 e. The maximum Gasteiger partial charge on any atom is 0.416 e. The smallest absolute Gasteiger partial charge is 0.416 e. The highest BCUT2D eigenvalue weighted by molar-refractivity contribution is 5.76. The Hall–Kier alpha value is -2.07. The van der Waals surface area contributed by atoms with Gasteiger partial charge in [-0.2, -0.15) is 17.7 Å². The van der Waals surface area contributed by atoms with Crippen molar-refractivity contribution in [2.24, 2.45) is 7.05 Å². The molecule has 0 saturated heterocycles. The Morgan fingerprint density at radius 3 is 2.17 bits per heavy atom. The van der Waals surface area contributed by atoms with E-state index in [1.807, 2.05) is 48.1 Å². The molecule has 122 valence electrons. The molecule has 0 N–H and O–H groups in total. The number of halogens is 4. The van der Waals surface area contributed by atoms with Crippen molar-refractivity contribution < 1.29 is 41.7 Å². The maximum absolute atomic E-state index is 12.5. The van der Waals surface area contributed by atoms with Crippen LogP contribution in [0.2, 0.25) is 0 Å². The normalized spacial score (nSPS) is 10.7. The van der Waals surface area contributed by atoms with Crippen molar-refractivity contribution in [2.75, 3.05) is 0 Å². The minimum absolute atomic E-state index is 0. The van der Waals surface area contributed by atoms with Crippen molar-refractivity contribution in [2.45, 2.75) is 6.18 Å². The Bertz CT molecular complexity index is 919. The second kappa shape index (κ2) is 7.22. The SMILES string of the molecule is C[n+]1cc(C#Cc2ccc(C(F)(F)F)cc2)cc2ccccc21.[I-]. The van der Waals surface area contributed by atoms with E-state index in [1.165, 1.54) is 12.1 Å². The van der Waals surface area contributed by atoms with Gasteiger partial charge >= 0.3 is 6.18 Å². The minimum atomic E-state index is -4.32. The number of hydrogen-bond acceptors (Lipinski definition) is 0. The number of para-hydroxylation sites is 1. The average molecular weight is 439 g/mol. The number of nitrogens with zero attached hydrogens (tertiary/aromatic N) is 1. The molecule has 0 aliphatic rings. The quantitative estimate of drug-likeness (QED) is 0.281. The van der Waals surface area contributed by atoms with Crippen LogP contribution < -0.4 is 28.5 Å². The van der Waals surface area contributed by atoms with Crippen molar-refractivity contribution in [3.8, 4) is 11.8 Å². The summed E-state index contributed by atoms with van der Waals surface area (Å²) in [6, 6.07) is 14.8. The van der Waals surface area contributed by atoms with Gasteiger partial charge in [0.25, 0.3) is 0 Å². The second-order valence-corrected chi connectivity index (χ2v) is 5.22. The van der Waals surface area contributed by atoms with Gasteiger partial charge in [-0.05, 0) is 36.4 Å². The van der Waals surface area contributed by atoms with Crippen LogP contribution in [0.1, 0.15) is 16.7 Å². The van der Waals surface area contributed by atoms with E-state index in [0.29, 0.717) is 5.56 Å². The molecular weight excluding hydrogens is 426 g/mol. The number of aryl methyl sites for hydroxylation is 1. The van der Waals surface area contributed by atoms with Gasteiger partial charge in [0.05, 0.1) is 11.1 Å². The van der Waals surface area contributed by atoms with E-state index in [2.05, 4.69) is 11.8 Å². The van der Waals surface area contributed by atoms with E-state index < -0.39 is 11.7 Å². The van der Waals surface area contributed by atoms with E-state index in [1.54, 1.807) is 0 Å². The summed E-state index contributed by atoms with van der Waals surface area (Å²) in [6.45, 7) is 0. The summed E-state index contributed by atoms with van der Waals surface area (Å²) in [5.41, 5.74) is 1.78. The number of benzene rings is 2. The highest BCUT2D eigenvalue weighted by Crippen LogP contribution is 2.28. The molecule has 24 heavy (non-hydrogen) atoms. The number of pyridine rings is 1. The summed E-state index contributed by atoms with van der Waals surface area (Å²) in [6.07, 6.45) is -2.42. The largest absolute Gasteiger partial charge is 1.00 e. The summed E-state index contributed by atoms with van der Waals surface area (Å²) >= 11 is 0. The summed E-state index contributed by atoms with van der Waals surface area (Å²) in [4.78, 5) is 0. The Kier molecular flexibility index (Phi) is 5.50. The lowest BCUT2D eigenvalue weighted by atomic mass is 10.1. The Morgan fingerprint density at radius 1 is 0.875 bits per heavy atom. The topological polar surface area (TPSA) is 3.88 Å². The number of rotatable bonds is 0. The lowest BCUT2D eigenvalue weighted by Crippen LogP contribution is -3.00. The van der Waals surface area contributed by atoms with Gasteiger partial charge in [0.15, 0.2) is 6.20 Å². The van der Waals surface area contributed by atoms with Crippen LogP contribution in [-0.4, -0.2) is 0 Å². The van der Waals surface area contributed by atoms with Crippen LogP contribution in [0.4, 0.5) is 13.2 Å². The third-order valence-electron chi connectivity index (χ3n) is 3.52. The van der Waals surface area contributed by atoms with Gasteiger partial charge in [-0.15, -0.1) is 0 Å². The first kappa shape index (κ1) is 18.3. The number of aromatic nitrogens is 1. The van der Waals surface area contributed by atoms with Crippen LogP contribution in [0, 0.1) is 11.8 Å². The molecule has 0 bridgehead atoms. The zero-order valence-electron chi connectivity index (χ0n) is 12.7.